The van der Waals surface area contributed by atoms with Gasteiger partial charge in [0.2, 0.25) is 11.8 Å². The summed E-state index contributed by atoms with van der Waals surface area (Å²) in [5, 5.41) is 11.3. The van der Waals surface area contributed by atoms with E-state index < -0.39 is 6.04 Å². The van der Waals surface area contributed by atoms with E-state index in [1.165, 1.54) is 12.1 Å². The average Bonchev–Trinajstić information content (AvgIpc) is 3.38. The number of hydrogen-bond donors (Lipinski definition) is 1. The lowest BCUT2D eigenvalue weighted by molar-refractivity contribution is -0.121. The fourth-order valence-electron chi connectivity index (χ4n) is 3.36. The minimum Gasteiger partial charge on any atom is -0.405 e. The molecule has 1 aliphatic heterocycles. The van der Waals surface area contributed by atoms with Crippen LogP contribution in [-0.2, 0) is 11.2 Å². The van der Waals surface area contributed by atoms with Gasteiger partial charge in [-0.15, -0.1) is 5.10 Å². The Bertz CT molecular complexity index is 938. The van der Waals surface area contributed by atoms with Crippen LogP contribution in [-0.4, -0.2) is 29.2 Å². The Morgan fingerprint density at radius 3 is 2.64 bits per heavy atom. The van der Waals surface area contributed by atoms with E-state index in [9.17, 15) is 9.18 Å². The van der Waals surface area contributed by atoms with Crippen molar-refractivity contribution in [1.82, 2.24) is 15.5 Å². The summed E-state index contributed by atoms with van der Waals surface area (Å²) in [6, 6.07) is 15.4. The van der Waals surface area contributed by atoms with Gasteiger partial charge in [0.05, 0.1) is 6.42 Å². The monoisotopic (exact) mass is 380 g/mol. The van der Waals surface area contributed by atoms with E-state index in [4.69, 9.17) is 4.42 Å². The molecule has 0 aliphatic carbocycles. The Labute approximate surface area is 162 Å². The van der Waals surface area contributed by atoms with Crippen LogP contribution in [0.25, 0.3) is 0 Å². The molecule has 2 heterocycles. The van der Waals surface area contributed by atoms with Gasteiger partial charge in [0.15, 0.2) is 0 Å². The van der Waals surface area contributed by atoms with Gasteiger partial charge in [0.25, 0.3) is 0 Å². The van der Waals surface area contributed by atoms with Gasteiger partial charge in [-0.2, -0.15) is 0 Å². The van der Waals surface area contributed by atoms with Crippen molar-refractivity contribution in [2.75, 3.05) is 18.0 Å². The van der Waals surface area contributed by atoms with Crippen molar-refractivity contribution in [2.24, 2.45) is 0 Å². The van der Waals surface area contributed by atoms with Crippen molar-refractivity contribution >= 4 is 11.9 Å². The number of halogens is 1. The molecule has 2 aromatic carbocycles. The van der Waals surface area contributed by atoms with Crippen LogP contribution in [0.4, 0.5) is 10.4 Å². The van der Waals surface area contributed by atoms with Gasteiger partial charge >= 0.3 is 6.01 Å². The lowest BCUT2D eigenvalue weighted by Crippen LogP contribution is -2.30. The highest BCUT2D eigenvalue weighted by Gasteiger charge is 2.25. The maximum atomic E-state index is 13.4. The highest BCUT2D eigenvalue weighted by Crippen LogP contribution is 2.25. The molecule has 1 aromatic heterocycles. The molecule has 28 heavy (non-hydrogen) atoms. The maximum absolute atomic E-state index is 13.4. The highest BCUT2D eigenvalue weighted by molar-refractivity contribution is 5.79. The maximum Gasteiger partial charge on any atom is 0.318 e. The van der Waals surface area contributed by atoms with Gasteiger partial charge in [0, 0.05) is 13.1 Å². The number of carbonyl (C=O) groups excluding carboxylic acids is 1. The van der Waals surface area contributed by atoms with Crippen LogP contribution in [0.15, 0.2) is 59.0 Å². The van der Waals surface area contributed by atoms with E-state index in [0.717, 1.165) is 31.5 Å². The number of rotatable bonds is 6. The van der Waals surface area contributed by atoms with Crippen molar-refractivity contribution < 1.29 is 13.6 Å². The first-order valence-corrected chi connectivity index (χ1v) is 9.36. The first kappa shape index (κ1) is 18.2. The van der Waals surface area contributed by atoms with Gasteiger partial charge < -0.3 is 14.6 Å². The number of anilines is 1. The highest BCUT2D eigenvalue weighted by atomic mass is 19.1. The molecule has 1 fully saturated rings. The van der Waals surface area contributed by atoms with Crippen molar-refractivity contribution in [3.63, 3.8) is 0 Å². The van der Waals surface area contributed by atoms with Crippen LogP contribution in [0, 0.1) is 5.82 Å². The van der Waals surface area contributed by atoms with Gasteiger partial charge in [-0.3, -0.25) is 4.79 Å². The third kappa shape index (κ3) is 4.19. The Kier molecular flexibility index (Phi) is 5.32. The Morgan fingerprint density at radius 1 is 1.11 bits per heavy atom. The Balaban J connectivity index is 1.55. The third-order valence-corrected chi connectivity index (χ3v) is 4.75. The largest absolute Gasteiger partial charge is 0.405 e. The number of nitrogens with zero attached hydrogens (tertiary/aromatic N) is 3. The summed E-state index contributed by atoms with van der Waals surface area (Å²) in [6.07, 6.45) is 2.27. The molecule has 4 rings (SSSR count). The van der Waals surface area contributed by atoms with E-state index >= 15 is 0 Å². The number of hydrogen-bond acceptors (Lipinski definition) is 5. The molecule has 6 nitrogen and oxygen atoms in total. The molecule has 1 atom stereocenters. The summed E-state index contributed by atoms with van der Waals surface area (Å²) < 4.78 is 19.3. The summed E-state index contributed by atoms with van der Waals surface area (Å²) in [6.45, 7) is 1.78. The molecular formula is C21H21FN4O2. The first-order chi connectivity index (χ1) is 13.7. The smallest absolute Gasteiger partial charge is 0.318 e. The van der Waals surface area contributed by atoms with Crippen molar-refractivity contribution in [3.8, 4) is 0 Å². The SMILES string of the molecule is O=C(Cc1cccc(F)c1)N[C@@H](c1ccccc1)c1nnc(N2CCCC2)o1. The molecule has 7 heteroatoms. The van der Waals surface area contributed by atoms with Gasteiger partial charge in [0.1, 0.15) is 11.9 Å². The zero-order valence-electron chi connectivity index (χ0n) is 15.3. The predicted molar refractivity (Wildman–Crippen MR) is 102 cm³/mol. The molecule has 0 unspecified atom stereocenters. The molecule has 0 bridgehead atoms. The van der Waals surface area contributed by atoms with Crippen molar-refractivity contribution in [2.45, 2.75) is 25.3 Å². The quantitative estimate of drug-likeness (QED) is 0.711. The Hall–Kier alpha value is -3.22. The lowest BCUT2D eigenvalue weighted by atomic mass is 10.1. The van der Waals surface area contributed by atoms with Gasteiger partial charge in [-0.25, -0.2) is 4.39 Å². The molecule has 144 valence electrons. The molecule has 1 N–H and O–H groups in total. The van der Waals surface area contributed by atoms with Crippen molar-refractivity contribution in [1.29, 1.82) is 0 Å². The lowest BCUT2D eigenvalue weighted by Gasteiger charge is -2.16. The predicted octanol–water partition coefficient (Wildman–Crippen LogP) is 3.26. The average molecular weight is 380 g/mol. The molecule has 1 amide bonds. The molecule has 3 aromatic rings. The van der Waals surface area contributed by atoms with Crippen LogP contribution < -0.4 is 10.2 Å². The van der Waals surface area contributed by atoms with E-state index in [-0.39, 0.29) is 18.1 Å². The fraction of sp³-hybridized carbons (Fsp3) is 0.286. The summed E-state index contributed by atoms with van der Waals surface area (Å²) >= 11 is 0. The van der Waals surface area contributed by atoms with Crippen LogP contribution >= 0.6 is 0 Å². The number of nitrogens with one attached hydrogen (secondary N) is 1. The van der Waals surface area contributed by atoms with Gasteiger partial charge in [-0.05, 0) is 36.1 Å². The zero-order chi connectivity index (χ0) is 19.3. The van der Waals surface area contributed by atoms with E-state index in [1.807, 2.05) is 35.2 Å². The normalized spacial score (nSPS) is 14.8. The standard InChI is InChI=1S/C21H21FN4O2/c22-17-10-6-7-15(13-17)14-18(27)23-19(16-8-2-1-3-9-16)20-24-25-21(28-20)26-11-4-5-12-26/h1-3,6-10,13,19H,4-5,11-12,14H2,(H,23,27)/t19-/m0/s1. The van der Waals surface area contributed by atoms with Crippen LogP contribution in [0.1, 0.15) is 35.9 Å². The summed E-state index contributed by atoms with van der Waals surface area (Å²) in [5.74, 6) is -0.280. The molecule has 1 saturated heterocycles. The third-order valence-electron chi connectivity index (χ3n) is 4.75. The van der Waals surface area contributed by atoms with E-state index in [2.05, 4.69) is 15.5 Å². The molecular weight excluding hydrogens is 359 g/mol. The van der Waals surface area contributed by atoms with E-state index in [1.54, 1.807) is 12.1 Å². The molecule has 0 spiro atoms. The van der Waals surface area contributed by atoms with Crippen LogP contribution in [0.3, 0.4) is 0 Å². The number of carbonyl (C=O) groups is 1. The minimum absolute atomic E-state index is 0.0637. The van der Waals surface area contributed by atoms with Crippen LogP contribution in [0.5, 0.6) is 0 Å². The van der Waals surface area contributed by atoms with Crippen molar-refractivity contribution in [3.05, 3.63) is 77.4 Å². The number of amides is 1. The summed E-state index contributed by atoms with van der Waals surface area (Å²) in [5.41, 5.74) is 1.44. The zero-order valence-corrected chi connectivity index (χ0v) is 15.3. The number of aromatic nitrogens is 2. The second-order valence-corrected chi connectivity index (χ2v) is 6.83. The summed E-state index contributed by atoms with van der Waals surface area (Å²) in [7, 11) is 0. The van der Waals surface area contributed by atoms with Crippen LogP contribution in [0.2, 0.25) is 0 Å². The van der Waals surface area contributed by atoms with E-state index in [0.29, 0.717) is 17.5 Å². The second-order valence-electron chi connectivity index (χ2n) is 6.83. The first-order valence-electron chi connectivity index (χ1n) is 9.36. The number of benzene rings is 2. The fourth-order valence-corrected chi connectivity index (χ4v) is 3.36. The molecule has 0 radical (unpaired) electrons. The van der Waals surface area contributed by atoms with Gasteiger partial charge in [-0.1, -0.05) is 47.6 Å². The molecule has 1 aliphatic rings. The second kappa shape index (κ2) is 8.21. The topological polar surface area (TPSA) is 71.3 Å². The Morgan fingerprint density at radius 2 is 1.89 bits per heavy atom. The summed E-state index contributed by atoms with van der Waals surface area (Å²) in [4.78, 5) is 14.7. The molecule has 0 saturated carbocycles. The minimum atomic E-state index is -0.564.